The van der Waals surface area contributed by atoms with Gasteiger partial charge in [0.05, 0.1) is 0 Å². The van der Waals surface area contributed by atoms with Crippen molar-refractivity contribution >= 4 is 0 Å². The lowest BCUT2D eigenvalue weighted by molar-refractivity contribution is 0.101. The van der Waals surface area contributed by atoms with Gasteiger partial charge >= 0.3 is 0 Å². The fourth-order valence-corrected chi connectivity index (χ4v) is 2.95. The molecule has 3 unspecified atom stereocenters. The second kappa shape index (κ2) is 6.17. The quantitative estimate of drug-likeness (QED) is 0.894. The SMILES string of the molecule is CCC1CCC(N)C(Oc2ccc(C(C)(C)C)cc2)C1. The van der Waals surface area contributed by atoms with E-state index in [1.165, 1.54) is 18.4 Å². The number of hydrogen-bond acceptors (Lipinski definition) is 2. The molecule has 0 aliphatic heterocycles. The first kappa shape index (κ1) is 15.4. The van der Waals surface area contributed by atoms with Crippen molar-refractivity contribution in [3.8, 4) is 5.75 Å². The molecule has 0 heterocycles. The van der Waals surface area contributed by atoms with Crippen LogP contribution >= 0.6 is 0 Å². The van der Waals surface area contributed by atoms with Gasteiger partial charge in [0.1, 0.15) is 11.9 Å². The van der Waals surface area contributed by atoms with Crippen LogP contribution in [-0.2, 0) is 5.41 Å². The zero-order valence-electron chi connectivity index (χ0n) is 13.4. The van der Waals surface area contributed by atoms with E-state index in [4.69, 9.17) is 10.5 Å². The molecule has 0 saturated heterocycles. The summed E-state index contributed by atoms with van der Waals surface area (Å²) in [6.45, 7) is 8.94. The largest absolute Gasteiger partial charge is 0.489 e. The number of benzene rings is 1. The second-order valence-corrected chi connectivity index (χ2v) is 7.18. The van der Waals surface area contributed by atoms with Gasteiger partial charge in [0.2, 0.25) is 0 Å². The maximum absolute atomic E-state index is 6.22. The summed E-state index contributed by atoms with van der Waals surface area (Å²) in [6, 6.07) is 8.69. The molecule has 2 nitrogen and oxygen atoms in total. The highest BCUT2D eigenvalue weighted by Gasteiger charge is 2.28. The van der Waals surface area contributed by atoms with Gasteiger partial charge < -0.3 is 10.5 Å². The standard InChI is InChI=1S/C18H29NO/c1-5-13-6-11-16(19)17(12-13)20-15-9-7-14(8-10-15)18(2,3)4/h7-10,13,16-17H,5-6,11-12,19H2,1-4H3. The molecule has 0 spiro atoms. The maximum Gasteiger partial charge on any atom is 0.119 e. The zero-order chi connectivity index (χ0) is 14.8. The van der Waals surface area contributed by atoms with Gasteiger partial charge in [-0.05, 0) is 48.3 Å². The van der Waals surface area contributed by atoms with Crippen LogP contribution in [0.1, 0.15) is 58.9 Å². The summed E-state index contributed by atoms with van der Waals surface area (Å²) >= 11 is 0. The molecule has 2 heteroatoms. The topological polar surface area (TPSA) is 35.2 Å². The molecule has 3 atom stereocenters. The monoisotopic (exact) mass is 275 g/mol. The van der Waals surface area contributed by atoms with Crippen molar-refractivity contribution < 1.29 is 4.74 Å². The van der Waals surface area contributed by atoms with E-state index in [9.17, 15) is 0 Å². The lowest BCUT2D eigenvalue weighted by atomic mass is 9.83. The summed E-state index contributed by atoms with van der Waals surface area (Å²) in [5.74, 6) is 1.73. The first-order valence-electron chi connectivity index (χ1n) is 7.93. The van der Waals surface area contributed by atoms with E-state index >= 15 is 0 Å². The third kappa shape index (κ3) is 3.76. The van der Waals surface area contributed by atoms with Crippen LogP contribution in [0.4, 0.5) is 0 Å². The highest BCUT2D eigenvalue weighted by Crippen LogP contribution is 2.30. The van der Waals surface area contributed by atoms with Crippen LogP contribution in [0.25, 0.3) is 0 Å². The minimum Gasteiger partial charge on any atom is -0.489 e. The van der Waals surface area contributed by atoms with Crippen LogP contribution in [0, 0.1) is 5.92 Å². The second-order valence-electron chi connectivity index (χ2n) is 7.18. The molecule has 1 saturated carbocycles. The molecule has 0 amide bonds. The van der Waals surface area contributed by atoms with Crippen molar-refractivity contribution in [3.63, 3.8) is 0 Å². The van der Waals surface area contributed by atoms with Crippen molar-refractivity contribution in [2.45, 2.75) is 70.9 Å². The maximum atomic E-state index is 6.22. The third-order valence-electron chi connectivity index (χ3n) is 4.54. The molecule has 2 rings (SSSR count). The normalized spacial score (nSPS) is 27.4. The molecule has 1 fully saturated rings. The number of nitrogens with two attached hydrogens (primary N) is 1. The van der Waals surface area contributed by atoms with Gasteiger partial charge in [-0.2, -0.15) is 0 Å². The van der Waals surface area contributed by atoms with Gasteiger partial charge in [-0.3, -0.25) is 0 Å². The van der Waals surface area contributed by atoms with E-state index in [0.29, 0.717) is 0 Å². The summed E-state index contributed by atoms with van der Waals surface area (Å²) in [7, 11) is 0. The predicted octanol–water partition coefficient (Wildman–Crippen LogP) is 4.27. The van der Waals surface area contributed by atoms with Crippen molar-refractivity contribution in [2.24, 2.45) is 11.7 Å². The van der Waals surface area contributed by atoms with Crippen LogP contribution in [0.15, 0.2) is 24.3 Å². The Balaban J connectivity index is 2.02. The average Bonchev–Trinajstić information content (AvgIpc) is 2.41. The van der Waals surface area contributed by atoms with E-state index in [1.807, 2.05) is 0 Å². The highest BCUT2D eigenvalue weighted by molar-refractivity contribution is 5.31. The lowest BCUT2D eigenvalue weighted by Gasteiger charge is -2.34. The minimum absolute atomic E-state index is 0.175. The van der Waals surface area contributed by atoms with Crippen LogP contribution in [0.5, 0.6) is 5.75 Å². The van der Waals surface area contributed by atoms with Gasteiger partial charge in [-0.15, -0.1) is 0 Å². The molecule has 20 heavy (non-hydrogen) atoms. The van der Waals surface area contributed by atoms with E-state index in [2.05, 4.69) is 52.0 Å². The van der Waals surface area contributed by atoms with E-state index in [0.717, 1.165) is 24.5 Å². The molecular weight excluding hydrogens is 246 g/mol. The van der Waals surface area contributed by atoms with Crippen LogP contribution in [-0.4, -0.2) is 12.1 Å². The average molecular weight is 275 g/mol. The van der Waals surface area contributed by atoms with Crippen molar-refractivity contribution in [1.82, 2.24) is 0 Å². The van der Waals surface area contributed by atoms with Crippen molar-refractivity contribution in [1.29, 1.82) is 0 Å². The zero-order valence-corrected chi connectivity index (χ0v) is 13.4. The number of hydrogen-bond donors (Lipinski definition) is 1. The predicted molar refractivity (Wildman–Crippen MR) is 85.2 cm³/mol. The Kier molecular flexibility index (Phi) is 4.74. The van der Waals surface area contributed by atoms with E-state index in [-0.39, 0.29) is 17.6 Å². The Morgan fingerprint density at radius 3 is 2.35 bits per heavy atom. The van der Waals surface area contributed by atoms with Gasteiger partial charge in [-0.1, -0.05) is 46.2 Å². The molecule has 112 valence electrons. The highest BCUT2D eigenvalue weighted by atomic mass is 16.5. The minimum atomic E-state index is 0.175. The lowest BCUT2D eigenvalue weighted by Crippen LogP contribution is -2.43. The molecule has 0 bridgehead atoms. The number of rotatable bonds is 3. The first-order valence-corrected chi connectivity index (χ1v) is 7.93. The van der Waals surface area contributed by atoms with Crippen molar-refractivity contribution in [2.75, 3.05) is 0 Å². The van der Waals surface area contributed by atoms with Gasteiger partial charge in [0.15, 0.2) is 0 Å². The van der Waals surface area contributed by atoms with E-state index in [1.54, 1.807) is 0 Å². The summed E-state index contributed by atoms with van der Waals surface area (Å²) in [6.07, 6.45) is 4.84. The van der Waals surface area contributed by atoms with Gasteiger partial charge in [-0.25, -0.2) is 0 Å². The van der Waals surface area contributed by atoms with E-state index < -0.39 is 0 Å². The fraction of sp³-hybridized carbons (Fsp3) is 0.667. The third-order valence-corrected chi connectivity index (χ3v) is 4.54. The summed E-state index contributed by atoms with van der Waals surface area (Å²) < 4.78 is 6.14. The van der Waals surface area contributed by atoms with Crippen LogP contribution < -0.4 is 10.5 Å². The molecular formula is C18H29NO. The molecule has 0 radical (unpaired) electrons. The molecule has 1 aliphatic rings. The summed E-state index contributed by atoms with van der Waals surface area (Å²) in [4.78, 5) is 0. The Morgan fingerprint density at radius 2 is 1.80 bits per heavy atom. The molecule has 1 aromatic carbocycles. The van der Waals surface area contributed by atoms with Crippen molar-refractivity contribution in [3.05, 3.63) is 29.8 Å². The Labute approximate surface area is 123 Å². The first-order chi connectivity index (χ1) is 9.40. The van der Waals surface area contributed by atoms with Crippen LogP contribution in [0.3, 0.4) is 0 Å². The molecule has 2 N–H and O–H groups in total. The molecule has 1 aliphatic carbocycles. The molecule has 0 aromatic heterocycles. The molecule has 1 aromatic rings. The number of ether oxygens (including phenoxy) is 1. The Morgan fingerprint density at radius 1 is 1.15 bits per heavy atom. The Hall–Kier alpha value is -1.02. The van der Waals surface area contributed by atoms with Gasteiger partial charge in [0.25, 0.3) is 0 Å². The summed E-state index contributed by atoms with van der Waals surface area (Å²) in [5.41, 5.74) is 7.74. The smallest absolute Gasteiger partial charge is 0.119 e. The van der Waals surface area contributed by atoms with Gasteiger partial charge in [0, 0.05) is 6.04 Å². The Bertz CT molecular complexity index is 418. The fourth-order valence-electron chi connectivity index (χ4n) is 2.95. The van der Waals surface area contributed by atoms with Crippen LogP contribution in [0.2, 0.25) is 0 Å². The summed E-state index contributed by atoms with van der Waals surface area (Å²) in [5, 5.41) is 0.